The summed E-state index contributed by atoms with van der Waals surface area (Å²) in [6.07, 6.45) is 0.930. The molecule has 84 valence electrons. The minimum absolute atomic E-state index is 0.222. The van der Waals surface area contributed by atoms with Crippen molar-refractivity contribution in [3.63, 3.8) is 0 Å². The highest BCUT2D eigenvalue weighted by atomic mass is 79.9. The fraction of sp³-hybridized carbons (Fsp3) is 0.455. The number of hydrogen-bond acceptors (Lipinski definition) is 2. The van der Waals surface area contributed by atoms with Crippen molar-refractivity contribution in [3.8, 4) is 0 Å². The molecule has 3 N–H and O–H groups in total. The molecule has 0 saturated heterocycles. The molecule has 1 rings (SSSR count). The Morgan fingerprint density at radius 1 is 1.53 bits per heavy atom. The molecule has 1 unspecified atom stereocenters. The summed E-state index contributed by atoms with van der Waals surface area (Å²) in [6.45, 7) is 3.41. The molecular formula is C11H16BrFN2. The van der Waals surface area contributed by atoms with E-state index in [-0.39, 0.29) is 5.82 Å². The van der Waals surface area contributed by atoms with Crippen molar-refractivity contribution >= 4 is 15.9 Å². The van der Waals surface area contributed by atoms with Crippen molar-refractivity contribution in [1.82, 2.24) is 5.32 Å². The van der Waals surface area contributed by atoms with E-state index in [0.29, 0.717) is 23.6 Å². The van der Waals surface area contributed by atoms with E-state index >= 15 is 0 Å². The third kappa shape index (κ3) is 4.28. The van der Waals surface area contributed by atoms with Gasteiger partial charge < -0.3 is 11.1 Å². The average molecular weight is 275 g/mol. The molecular weight excluding hydrogens is 259 g/mol. The lowest BCUT2D eigenvalue weighted by Crippen LogP contribution is -2.27. The van der Waals surface area contributed by atoms with Gasteiger partial charge in [0.25, 0.3) is 0 Å². The Hall–Kier alpha value is -0.450. The van der Waals surface area contributed by atoms with E-state index in [2.05, 4.69) is 28.2 Å². The number of benzene rings is 1. The second-order valence-electron chi connectivity index (χ2n) is 3.61. The predicted molar refractivity (Wildman–Crippen MR) is 64.1 cm³/mol. The Labute approximate surface area is 98.2 Å². The zero-order valence-electron chi connectivity index (χ0n) is 8.76. The van der Waals surface area contributed by atoms with Crippen LogP contribution in [0.15, 0.2) is 22.7 Å². The fourth-order valence-corrected chi connectivity index (χ4v) is 1.54. The van der Waals surface area contributed by atoms with E-state index in [1.165, 1.54) is 6.07 Å². The van der Waals surface area contributed by atoms with Crippen LogP contribution in [0, 0.1) is 5.82 Å². The number of hydrogen-bond donors (Lipinski definition) is 2. The van der Waals surface area contributed by atoms with Crippen LogP contribution in [0.1, 0.15) is 18.9 Å². The van der Waals surface area contributed by atoms with E-state index in [4.69, 9.17) is 5.73 Å². The van der Waals surface area contributed by atoms with E-state index < -0.39 is 0 Å². The van der Waals surface area contributed by atoms with Gasteiger partial charge in [0, 0.05) is 12.6 Å². The molecule has 0 aromatic heterocycles. The molecule has 0 amide bonds. The lowest BCUT2D eigenvalue weighted by atomic mass is 10.2. The molecule has 1 atom stereocenters. The summed E-state index contributed by atoms with van der Waals surface area (Å²) in [6, 6.07) is 5.52. The number of rotatable bonds is 5. The van der Waals surface area contributed by atoms with Crippen molar-refractivity contribution in [3.05, 3.63) is 34.1 Å². The van der Waals surface area contributed by atoms with Crippen LogP contribution in [0.2, 0.25) is 0 Å². The third-order valence-corrected chi connectivity index (χ3v) is 2.88. The highest BCUT2D eigenvalue weighted by Crippen LogP contribution is 2.16. The molecule has 0 aliphatic rings. The monoisotopic (exact) mass is 274 g/mol. The maximum atomic E-state index is 13.2. The zero-order chi connectivity index (χ0) is 11.3. The maximum absolute atomic E-state index is 13.2. The van der Waals surface area contributed by atoms with Crippen LogP contribution in [0.3, 0.4) is 0 Å². The maximum Gasteiger partial charge on any atom is 0.137 e. The topological polar surface area (TPSA) is 38.0 Å². The van der Waals surface area contributed by atoms with E-state index in [1.807, 2.05) is 6.07 Å². The molecule has 0 aliphatic carbocycles. The largest absolute Gasteiger partial charge is 0.330 e. The van der Waals surface area contributed by atoms with Gasteiger partial charge in [-0.05, 0) is 53.5 Å². The molecule has 0 aliphatic heterocycles. The van der Waals surface area contributed by atoms with E-state index in [0.717, 1.165) is 12.0 Å². The summed E-state index contributed by atoms with van der Waals surface area (Å²) in [5.74, 6) is -0.222. The van der Waals surface area contributed by atoms with Gasteiger partial charge in [0.05, 0.1) is 4.47 Å². The summed E-state index contributed by atoms with van der Waals surface area (Å²) < 4.78 is 13.7. The second-order valence-corrected chi connectivity index (χ2v) is 4.46. The number of nitrogens with two attached hydrogens (primary N) is 1. The van der Waals surface area contributed by atoms with Crippen LogP contribution in [-0.4, -0.2) is 12.6 Å². The molecule has 1 aromatic rings. The second kappa shape index (κ2) is 6.20. The molecule has 4 heteroatoms. The van der Waals surface area contributed by atoms with Crippen LogP contribution in [0.4, 0.5) is 4.39 Å². The summed E-state index contributed by atoms with van der Waals surface area (Å²) in [5.41, 5.74) is 6.38. The van der Waals surface area contributed by atoms with Crippen molar-refractivity contribution in [2.75, 3.05) is 6.54 Å². The van der Waals surface area contributed by atoms with Crippen LogP contribution in [0.25, 0.3) is 0 Å². The minimum Gasteiger partial charge on any atom is -0.330 e. The Bertz CT molecular complexity index is 317. The molecule has 0 heterocycles. The molecule has 0 saturated carbocycles. The van der Waals surface area contributed by atoms with Crippen LogP contribution >= 0.6 is 15.9 Å². The molecule has 0 fully saturated rings. The van der Waals surface area contributed by atoms with Gasteiger partial charge in [-0.25, -0.2) is 4.39 Å². The molecule has 0 spiro atoms. The van der Waals surface area contributed by atoms with Crippen molar-refractivity contribution in [2.24, 2.45) is 5.73 Å². The van der Waals surface area contributed by atoms with Gasteiger partial charge in [0.1, 0.15) is 5.82 Å². The standard InChI is InChI=1S/C11H16BrFN2/c1-8(4-5-14)15-7-9-2-3-10(12)11(13)6-9/h2-3,6,8,15H,4-5,7,14H2,1H3. The number of halogens is 2. The van der Waals surface area contributed by atoms with Gasteiger partial charge >= 0.3 is 0 Å². The van der Waals surface area contributed by atoms with Gasteiger partial charge in [0.2, 0.25) is 0 Å². The quantitative estimate of drug-likeness (QED) is 0.866. The van der Waals surface area contributed by atoms with E-state index in [9.17, 15) is 4.39 Å². The Morgan fingerprint density at radius 2 is 2.27 bits per heavy atom. The first-order chi connectivity index (χ1) is 7.13. The predicted octanol–water partition coefficient (Wildman–Crippen LogP) is 2.42. The lowest BCUT2D eigenvalue weighted by Gasteiger charge is -2.12. The van der Waals surface area contributed by atoms with Crippen LogP contribution in [-0.2, 0) is 6.54 Å². The van der Waals surface area contributed by atoms with Gasteiger partial charge in [-0.3, -0.25) is 0 Å². The smallest absolute Gasteiger partial charge is 0.137 e. The summed E-state index contributed by atoms with van der Waals surface area (Å²) >= 11 is 3.12. The zero-order valence-corrected chi connectivity index (χ0v) is 10.3. The molecule has 0 radical (unpaired) electrons. The van der Waals surface area contributed by atoms with Gasteiger partial charge in [-0.15, -0.1) is 0 Å². The van der Waals surface area contributed by atoms with Crippen LogP contribution in [0.5, 0.6) is 0 Å². The minimum atomic E-state index is -0.222. The van der Waals surface area contributed by atoms with Crippen molar-refractivity contribution in [1.29, 1.82) is 0 Å². The highest BCUT2D eigenvalue weighted by molar-refractivity contribution is 9.10. The highest BCUT2D eigenvalue weighted by Gasteiger charge is 2.02. The first-order valence-electron chi connectivity index (χ1n) is 5.01. The molecule has 2 nitrogen and oxygen atoms in total. The SMILES string of the molecule is CC(CCN)NCc1ccc(Br)c(F)c1. The third-order valence-electron chi connectivity index (χ3n) is 2.24. The Balaban J connectivity index is 2.47. The van der Waals surface area contributed by atoms with Crippen LogP contribution < -0.4 is 11.1 Å². The van der Waals surface area contributed by atoms with E-state index in [1.54, 1.807) is 6.07 Å². The van der Waals surface area contributed by atoms with Crippen molar-refractivity contribution < 1.29 is 4.39 Å². The number of nitrogens with one attached hydrogen (secondary N) is 1. The lowest BCUT2D eigenvalue weighted by molar-refractivity contribution is 0.518. The molecule has 0 bridgehead atoms. The van der Waals surface area contributed by atoms with Gasteiger partial charge in [-0.1, -0.05) is 6.07 Å². The molecule has 15 heavy (non-hydrogen) atoms. The summed E-state index contributed by atoms with van der Waals surface area (Å²) in [5, 5.41) is 3.28. The first-order valence-corrected chi connectivity index (χ1v) is 5.80. The first kappa shape index (κ1) is 12.6. The Morgan fingerprint density at radius 3 is 2.87 bits per heavy atom. The fourth-order valence-electron chi connectivity index (χ4n) is 1.29. The summed E-state index contributed by atoms with van der Waals surface area (Å²) in [7, 11) is 0. The van der Waals surface area contributed by atoms with Crippen molar-refractivity contribution in [2.45, 2.75) is 25.9 Å². The Kier molecular flexibility index (Phi) is 5.22. The average Bonchev–Trinajstić information content (AvgIpc) is 2.20. The normalized spacial score (nSPS) is 12.8. The molecule has 1 aromatic carbocycles. The van der Waals surface area contributed by atoms with Gasteiger partial charge in [-0.2, -0.15) is 0 Å². The van der Waals surface area contributed by atoms with Gasteiger partial charge in [0.15, 0.2) is 0 Å². The summed E-state index contributed by atoms with van der Waals surface area (Å²) in [4.78, 5) is 0.